The summed E-state index contributed by atoms with van der Waals surface area (Å²) >= 11 is 0. The number of nitrogens with zero attached hydrogens (tertiary/aromatic N) is 2. The Hall–Kier alpha value is -2.27. The molecule has 0 amide bonds. The van der Waals surface area contributed by atoms with Gasteiger partial charge in [-0.15, -0.1) is 0 Å². The van der Waals surface area contributed by atoms with Gasteiger partial charge in [-0.25, -0.2) is 4.99 Å². The SMILES string of the molecule is C/C(N)=C/C1=NC(N)=CCN(C)C1c1ccc(C)cc1O.CCC.CCCCCCC. The molecule has 0 fully saturated rings. The zero-order valence-corrected chi connectivity index (χ0v) is 20.9. The molecular weight excluding hydrogens is 384 g/mol. The zero-order valence-electron chi connectivity index (χ0n) is 20.9. The first-order valence-corrected chi connectivity index (χ1v) is 11.7. The lowest BCUT2D eigenvalue weighted by molar-refractivity contribution is 0.327. The van der Waals surface area contributed by atoms with E-state index in [-0.39, 0.29) is 11.8 Å². The average Bonchev–Trinajstić information content (AvgIpc) is 2.82. The molecular formula is C26H46N4O. The third-order valence-electron chi connectivity index (χ3n) is 4.63. The number of aliphatic imine (C=N–C) groups is 1. The van der Waals surface area contributed by atoms with Gasteiger partial charge in [0, 0.05) is 17.8 Å². The monoisotopic (exact) mass is 430 g/mol. The Balaban J connectivity index is 0.000000756. The summed E-state index contributed by atoms with van der Waals surface area (Å²) in [5.41, 5.74) is 14.9. The molecule has 5 nitrogen and oxygen atoms in total. The number of likely N-dealkylation sites (N-methyl/N-ethyl adjacent to an activating group) is 1. The number of hydrogen-bond acceptors (Lipinski definition) is 5. The number of phenolic OH excluding ortho intramolecular Hbond substituents is 1. The van der Waals surface area contributed by atoms with E-state index in [4.69, 9.17) is 11.5 Å². The van der Waals surface area contributed by atoms with Crippen molar-refractivity contribution in [2.75, 3.05) is 13.6 Å². The maximum Gasteiger partial charge on any atom is 0.121 e. The van der Waals surface area contributed by atoms with Crippen LogP contribution in [0.5, 0.6) is 5.75 Å². The normalized spacial score (nSPS) is 16.7. The molecule has 1 aromatic carbocycles. The molecule has 2 rings (SSSR count). The van der Waals surface area contributed by atoms with Crippen LogP contribution in [-0.2, 0) is 0 Å². The fourth-order valence-corrected chi connectivity index (χ4v) is 3.13. The molecule has 31 heavy (non-hydrogen) atoms. The molecule has 5 heteroatoms. The Labute approximate surface area is 190 Å². The van der Waals surface area contributed by atoms with Crippen LogP contribution in [0.2, 0.25) is 0 Å². The van der Waals surface area contributed by atoms with Crippen LogP contribution in [0.1, 0.15) is 90.3 Å². The summed E-state index contributed by atoms with van der Waals surface area (Å²) in [6, 6.07) is 5.45. The third kappa shape index (κ3) is 11.6. The first-order valence-electron chi connectivity index (χ1n) is 11.7. The minimum Gasteiger partial charge on any atom is -0.508 e. The van der Waals surface area contributed by atoms with Crippen molar-refractivity contribution < 1.29 is 5.11 Å². The second kappa shape index (κ2) is 16.4. The van der Waals surface area contributed by atoms with Crippen LogP contribution in [0.3, 0.4) is 0 Å². The molecule has 1 unspecified atom stereocenters. The fourth-order valence-electron chi connectivity index (χ4n) is 3.13. The minimum absolute atomic E-state index is 0.193. The van der Waals surface area contributed by atoms with Crippen molar-refractivity contribution in [1.29, 1.82) is 0 Å². The summed E-state index contributed by atoms with van der Waals surface area (Å²) < 4.78 is 0. The molecule has 0 bridgehead atoms. The predicted octanol–water partition coefficient (Wildman–Crippen LogP) is 6.18. The van der Waals surface area contributed by atoms with E-state index in [0.29, 0.717) is 18.1 Å². The summed E-state index contributed by atoms with van der Waals surface area (Å²) in [6.45, 7) is 13.1. The van der Waals surface area contributed by atoms with Gasteiger partial charge in [0.05, 0.1) is 11.8 Å². The van der Waals surface area contributed by atoms with Gasteiger partial charge in [-0.05, 0) is 44.7 Å². The van der Waals surface area contributed by atoms with Gasteiger partial charge in [0.1, 0.15) is 11.6 Å². The molecule has 5 N–H and O–H groups in total. The maximum atomic E-state index is 10.3. The lowest BCUT2D eigenvalue weighted by atomic mass is 9.97. The average molecular weight is 431 g/mol. The number of unbranched alkanes of at least 4 members (excludes halogenated alkanes) is 4. The van der Waals surface area contributed by atoms with E-state index in [1.807, 2.05) is 32.2 Å². The standard InChI is InChI=1S/C16H22N4O.C7H16.C3H8/c1-10-4-5-12(14(21)8-10)16-13(9-11(2)17)19-15(18)6-7-20(16)3;1-3-5-7-6-4-2;1-3-2/h4-6,8-9,16,21H,7,17-18H2,1-3H3;3-7H2,1-2H3;3H2,1-2H3/b11-9-;;. The molecule has 0 aliphatic carbocycles. The quantitative estimate of drug-likeness (QED) is 0.470. The van der Waals surface area contributed by atoms with Crippen molar-refractivity contribution in [3.8, 4) is 5.75 Å². The summed E-state index contributed by atoms with van der Waals surface area (Å²) in [7, 11) is 1.97. The van der Waals surface area contributed by atoms with Crippen molar-refractivity contribution in [1.82, 2.24) is 4.90 Å². The van der Waals surface area contributed by atoms with Crippen LogP contribution < -0.4 is 11.5 Å². The molecule has 176 valence electrons. The van der Waals surface area contributed by atoms with Crippen molar-refractivity contribution in [3.63, 3.8) is 0 Å². The summed E-state index contributed by atoms with van der Waals surface area (Å²) in [5, 5.41) is 10.3. The van der Waals surface area contributed by atoms with Crippen molar-refractivity contribution in [2.24, 2.45) is 16.5 Å². The molecule has 0 saturated carbocycles. The highest BCUT2D eigenvalue weighted by molar-refractivity contribution is 6.01. The van der Waals surface area contributed by atoms with Gasteiger partial charge >= 0.3 is 0 Å². The Bertz CT molecular complexity index is 714. The summed E-state index contributed by atoms with van der Waals surface area (Å²) in [5.74, 6) is 0.714. The van der Waals surface area contributed by atoms with Gasteiger partial charge in [0.2, 0.25) is 0 Å². The van der Waals surface area contributed by atoms with Crippen molar-refractivity contribution in [2.45, 2.75) is 86.1 Å². The Morgan fingerprint density at radius 2 is 1.74 bits per heavy atom. The molecule has 1 heterocycles. The second-order valence-corrected chi connectivity index (χ2v) is 8.23. The highest BCUT2D eigenvalue weighted by atomic mass is 16.3. The van der Waals surface area contributed by atoms with Gasteiger partial charge in [-0.3, -0.25) is 4.90 Å². The minimum atomic E-state index is -0.193. The van der Waals surface area contributed by atoms with E-state index < -0.39 is 0 Å². The smallest absolute Gasteiger partial charge is 0.121 e. The van der Waals surface area contributed by atoms with Gasteiger partial charge in [0.25, 0.3) is 0 Å². The second-order valence-electron chi connectivity index (χ2n) is 8.23. The van der Waals surface area contributed by atoms with E-state index in [2.05, 4.69) is 37.6 Å². The third-order valence-corrected chi connectivity index (χ3v) is 4.63. The largest absolute Gasteiger partial charge is 0.508 e. The van der Waals surface area contributed by atoms with E-state index in [1.54, 1.807) is 19.1 Å². The van der Waals surface area contributed by atoms with Gasteiger partial charge in [0.15, 0.2) is 0 Å². The first kappa shape index (κ1) is 28.7. The van der Waals surface area contributed by atoms with Crippen LogP contribution in [-0.4, -0.2) is 29.3 Å². The van der Waals surface area contributed by atoms with E-state index >= 15 is 0 Å². The Kier molecular flexibility index (Phi) is 15.2. The number of rotatable bonds is 6. The highest BCUT2D eigenvalue weighted by Crippen LogP contribution is 2.32. The fraction of sp³-hybridized carbons (Fsp3) is 0.577. The summed E-state index contributed by atoms with van der Waals surface area (Å²) in [6.07, 6.45) is 11.9. The van der Waals surface area contributed by atoms with E-state index in [1.165, 1.54) is 38.5 Å². The zero-order chi connectivity index (χ0) is 23.8. The molecule has 1 aromatic rings. The van der Waals surface area contributed by atoms with Gasteiger partial charge in [-0.1, -0.05) is 78.4 Å². The number of hydrogen-bond donors (Lipinski definition) is 3. The number of benzene rings is 1. The van der Waals surface area contributed by atoms with E-state index in [9.17, 15) is 5.11 Å². The van der Waals surface area contributed by atoms with Crippen LogP contribution in [0.4, 0.5) is 0 Å². The predicted molar refractivity (Wildman–Crippen MR) is 136 cm³/mol. The molecule has 1 atom stereocenters. The van der Waals surface area contributed by atoms with Gasteiger partial charge in [-0.2, -0.15) is 0 Å². The number of allylic oxidation sites excluding steroid dienone is 1. The molecule has 0 radical (unpaired) electrons. The Morgan fingerprint density at radius 1 is 1.16 bits per heavy atom. The lowest BCUT2D eigenvalue weighted by Gasteiger charge is -2.27. The highest BCUT2D eigenvalue weighted by Gasteiger charge is 2.26. The number of nitrogens with two attached hydrogens (primary N) is 2. The maximum absolute atomic E-state index is 10.3. The summed E-state index contributed by atoms with van der Waals surface area (Å²) in [4.78, 5) is 6.51. The van der Waals surface area contributed by atoms with Crippen molar-refractivity contribution in [3.05, 3.63) is 53.0 Å². The number of aromatic hydroxyl groups is 1. The number of phenols is 1. The van der Waals surface area contributed by atoms with Crippen LogP contribution in [0.15, 0.2) is 46.9 Å². The molecule has 1 aliphatic rings. The van der Waals surface area contributed by atoms with Crippen molar-refractivity contribution >= 4 is 5.71 Å². The topological polar surface area (TPSA) is 87.9 Å². The lowest BCUT2D eigenvalue weighted by Crippen LogP contribution is -2.30. The van der Waals surface area contributed by atoms with Gasteiger partial charge < -0.3 is 16.6 Å². The molecule has 0 saturated heterocycles. The first-order chi connectivity index (χ1) is 14.7. The molecule has 0 spiro atoms. The molecule has 1 aliphatic heterocycles. The van der Waals surface area contributed by atoms with Crippen LogP contribution in [0, 0.1) is 6.92 Å². The number of aryl methyl sites for hydroxylation is 1. The van der Waals surface area contributed by atoms with Crippen LogP contribution >= 0.6 is 0 Å². The molecule has 0 aromatic heterocycles. The van der Waals surface area contributed by atoms with E-state index in [0.717, 1.165) is 16.8 Å². The van der Waals surface area contributed by atoms with Crippen LogP contribution in [0.25, 0.3) is 0 Å². The Morgan fingerprint density at radius 3 is 2.23 bits per heavy atom.